The molecular formula is C12H15N3OS2. The van der Waals surface area contributed by atoms with Crippen LogP contribution in [0.3, 0.4) is 0 Å². The Labute approximate surface area is 115 Å². The van der Waals surface area contributed by atoms with E-state index in [4.69, 9.17) is 0 Å². The molecule has 2 rings (SSSR count). The van der Waals surface area contributed by atoms with Gasteiger partial charge in [0.1, 0.15) is 10.2 Å². The van der Waals surface area contributed by atoms with Crippen molar-refractivity contribution in [3.05, 3.63) is 23.9 Å². The molecule has 2 heterocycles. The van der Waals surface area contributed by atoms with Gasteiger partial charge in [-0.2, -0.15) is 0 Å². The van der Waals surface area contributed by atoms with Crippen LogP contribution in [0.2, 0.25) is 0 Å². The van der Waals surface area contributed by atoms with Gasteiger partial charge in [0.25, 0.3) is 0 Å². The molecule has 1 amide bonds. The second kappa shape index (κ2) is 6.24. The number of amides is 1. The first-order valence-corrected chi connectivity index (χ1v) is 7.59. The van der Waals surface area contributed by atoms with E-state index < -0.39 is 0 Å². The summed E-state index contributed by atoms with van der Waals surface area (Å²) in [4.78, 5) is 20.4. The lowest BCUT2D eigenvalue weighted by Gasteiger charge is -2.10. The first kappa shape index (κ1) is 13.4. The average molecular weight is 281 g/mol. The first-order valence-electron chi connectivity index (χ1n) is 5.72. The summed E-state index contributed by atoms with van der Waals surface area (Å²) in [5.41, 5.74) is 1.08. The molecule has 0 radical (unpaired) electrons. The molecule has 18 heavy (non-hydrogen) atoms. The maximum atomic E-state index is 11.9. The molecule has 1 atom stereocenters. The summed E-state index contributed by atoms with van der Waals surface area (Å²) < 4.78 is 1.01. The van der Waals surface area contributed by atoms with E-state index in [1.807, 2.05) is 26.0 Å². The highest BCUT2D eigenvalue weighted by Crippen LogP contribution is 2.26. The Morgan fingerprint density at radius 2 is 2.39 bits per heavy atom. The number of carbonyl (C=O) groups excluding carboxylic acids is 1. The van der Waals surface area contributed by atoms with Crippen LogP contribution in [-0.4, -0.2) is 32.8 Å². The van der Waals surface area contributed by atoms with E-state index in [2.05, 4.69) is 15.3 Å². The smallest absolute Gasteiger partial charge is 0.238 e. The number of aliphatic imine (C=N–C) groups is 1. The summed E-state index contributed by atoms with van der Waals surface area (Å²) in [6.45, 7) is 4.71. The second-order valence-electron chi connectivity index (χ2n) is 3.97. The molecule has 6 heteroatoms. The SMILES string of the molecule is Cc1ccc(NC(=O)C(C)SC2=NCCS2)nc1. The minimum atomic E-state index is -0.155. The minimum Gasteiger partial charge on any atom is -0.310 e. The predicted molar refractivity (Wildman–Crippen MR) is 79.4 cm³/mol. The number of hydrogen-bond donors (Lipinski definition) is 1. The van der Waals surface area contributed by atoms with Crippen LogP contribution in [-0.2, 0) is 4.79 Å². The molecule has 1 aliphatic heterocycles. The Hall–Kier alpha value is -1.01. The third kappa shape index (κ3) is 3.74. The molecule has 0 aromatic carbocycles. The molecule has 1 aliphatic rings. The van der Waals surface area contributed by atoms with Gasteiger partial charge in [0.05, 0.1) is 11.8 Å². The number of nitrogens with zero attached hydrogens (tertiary/aromatic N) is 2. The molecule has 0 spiro atoms. The standard InChI is InChI=1S/C12H15N3OS2/c1-8-3-4-10(14-7-8)15-11(16)9(2)18-12-13-5-6-17-12/h3-4,7,9H,5-6H2,1-2H3,(H,14,15,16). The Bertz CT molecular complexity index is 459. The Morgan fingerprint density at radius 1 is 1.56 bits per heavy atom. The third-order valence-corrected chi connectivity index (χ3v) is 4.67. The molecule has 0 aliphatic carbocycles. The zero-order chi connectivity index (χ0) is 13.0. The van der Waals surface area contributed by atoms with Crippen molar-refractivity contribution in [2.75, 3.05) is 17.6 Å². The molecule has 0 bridgehead atoms. The van der Waals surface area contributed by atoms with E-state index in [-0.39, 0.29) is 11.2 Å². The first-order chi connectivity index (χ1) is 8.65. The summed E-state index contributed by atoms with van der Waals surface area (Å²) in [6.07, 6.45) is 1.74. The van der Waals surface area contributed by atoms with E-state index in [0.29, 0.717) is 5.82 Å². The Balaban J connectivity index is 1.88. The van der Waals surface area contributed by atoms with Gasteiger partial charge in [0.15, 0.2) is 0 Å². The van der Waals surface area contributed by atoms with Crippen molar-refractivity contribution < 1.29 is 4.79 Å². The summed E-state index contributed by atoms with van der Waals surface area (Å²) in [5, 5.41) is 2.65. The molecule has 0 saturated heterocycles. The normalized spacial score (nSPS) is 16.2. The molecule has 1 aromatic rings. The van der Waals surface area contributed by atoms with Crippen LogP contribution in [0.5, 0.6) is 0 Å². The lowest BCUT2D eigenvalue weighted by atomic mass is 10.3. The Kier molecular flexibility index (Phi) is 4.66. The summed E-state index contributed by atoms with van der Waals surface area (Å²) in [5.74, 6) is 1.58. The number of pyridine rings is 1. The van der Waals surface area contributed by atoms with Gasteiger partial charge < -0.3 is 5.32 Å². The lowest BCUT2D eigenvalue weighted by Crippen LogP contribution is -2.23. The molecule has 0 saturated carbocycles. The van der Waals surface area contributed by atoms with Crippen molar-refractivity contribution in [3.8, 4) is 0 Å². The third-order valence-electron chi connectivity index (χ3n) is 2.37. The number of hydrogen-bond acceptors (Lipinski definition) is 5. The van der Waals surface area contributed by atoms with Gasteiger partial charge in [-0.15, -0.1) is 0 Å². The molecule has 96 valence electrons. The van der Waals surface area contributed by atoms with Gasteiger partial charge in [0.2, 0.25) is 5.91 Å². The maximum absolute atomic E-state index is 11.9. The average Bonchev–Trinajstić information content (AvgIpc) is 2.85. The van der Waals surface area contributed by atoms with Gasteiger partial charge in [-0.05, 0) is 25.5 Å². The van der Waals surface area contributed by atoms with E-state index in [9.17, 15) is 4.79 Å². The van der Waals surface area contributed by atoms with Crippen LogP contribution >= 0.6 is 23.5 Å². The number of aromatic nitrogens is 1. The van der Waals surface area contributed by atoms with Gasteiger partial charge in [-0.3, -0.25) is 9.79 Å². The van der Waals surface area contributed by atoms with Gasteiger partial charge in [-0.1, -0.05) is 29.6 Å². The molecular weight excluding hydrogens is 266 g/mol. The fourth-order valence-corrected chi connectivity index (χ4v) is 3.49. The summed E-state index contributed by atoms with van der Waals surface area (Å²) in [7, 11) is 0. The monoisotopic (exact) mass is 281 g/mol. The minimum absolute atomic E-state index is 0.0356. The van der Waals surface area contributed by atoms with E-state index >= 15 is 0 Å². The van der Waals surface area contributed by atoms with Crippen LogP contribution in [0.15, 0.2) is 23.3 Å². The van der Waals surface area contributed by atoms with Crippen molar-refractivity contribution in [2.24, 2.45) is 4.99 Å². The van der Waals surface area contributed by atoms with Gasteiger partial charge in [0, 0.05) is 11.9 Å². The topological polar surface area (TPSA) is 54.4 Å². The highest BCUT2D eigenvalue weighted by atomic mass is 32.2. The van der Waals surface area contributed by atoms with Crippen LogP contribution in [0, 0.1) is 6.92 Å². The van der Waals surface area contributed by atoms with Crippen molar-refractivity contribution in [1.29, 1.82) is 0 Å². The predicted octanol–water partition coefficient (Wildman–Crippen LogP) is 2.55. The van der Waals surface area contributed by atoms with Crippen molar-refractivity contribution in [2.45, 2.75) is 19.1 Å². The number of nitrogens with one attached hydrogen (secondary N) is 1. The van der Waals surface area contributed by atoms with Crippen LogP contribution in [0.25, 0.3) is 0 Å². The molecule has 0 fully saturated rings. The van der Waals surface area contributed by atoms with Crippen molar-refractivity contribution in [3.63, 3.8) is 0 Å². The van der Waals surface area contributed by atoms with E-state index in [0.717, 1.165) is 22.2 Å². The number of thioether (sulfide) groups is 2. The summed E-state index contributed by atoms with van der Waals surface area (Å²) >= 11 is 3.22. The number of anilines is 1. The van der Waals surface area contributed by atoms with E-state index in [1.54, 1.807) is 18.0 Å². The number of rotatable bonds is 3. The van der Waals surface area contributed by atoms with Crippen molar-refractivity contribution >= 4 is 39.6 Å². The van der Waals surface area contributed by atoms with Gasteiger partial charge >= 0.3 is 0 Å². The van der Waals surface area contributed by atoms with Crippen LogP contribution in [0.4, 0.5) is 5.82 Å². The van der Waals surface area contributed by atoms with E-state index in [1.165, 1.54) is 11.8 Å². The molecule has 1 unspecified atom stereocenters. The molecule has 4 nitrogen and oxygen atoms in total. The highest BCUT2D eigenvalue weighted by molar-refractivity contribution is 8.39. The number of carbonyl (C=O) groups is 1. The summed E-state index contributed by atoms with van der Waals surface area (Å²) in [6, 6.07) is 3.74. The lowest BCUT2D eigenvalue weighted by molar-refractivity contribution is -0.115. The fraction of sp³-hybridized carbons (Fsp3) is 0.417. The highest BCUT2D eigenvalue weighted by Gasteiger charge is 2.19. The van der Waals surface area contributed by atoms with Crippen molar-refractivity contribution in [1.82, 2.24) is 4.98 Å². The van der Waals surface area contributed by atoms with Crippen LogP contribution < -0.4 is 5.32 Å². The quantitative estimate of drug-likeness (QED) is 0.925. The Morgan fingerprint density at radius 3 is 3.00 bits per heavy atom. The zero-order valence-corrected chi connectivity index (χ0v) is 12.0. The number of aryl methyl sites for hydroxylation is 1. The maximum Gasteiger partial charge on any atom is 0.238 e. The van der Waals surface area contributed by atoms with Gasteiger partial charge in [-0.25, -0.2) is 4.98 Å². The second-order valence-corrected chi connectivity index (χ2v) is 6.64. The largest absolute Gasteiger partial charge is 0.310 e. The zero-order valence-electron chi connectivity index (χ0n) is 10.3. The van der Waals surface area contributed by atoms with Crippen LogP contribution in [0.1, 0.15) is 12.5 Å². The molecule has 1 N–H and O–H groups in total. The molecule has 1 aromatic heterocycles. The fourth-order valence-electron chi connectivity index (χ4n) is 1.36.